The van der Waals surface area contributed by atoms with Crippen molar-refractivity contribution in [3.05, 3.63) is 102 Å². The summed E-state index contributed by atoms with van der Waals surface area (Å²) in [5.41, 5.74) is 14.7. The number of nitrogens with one attached hydrogen (secondary N) is 1. The molecule has 1 aliphatic carbocycles. The zero-order chi connectivity index (χ0) is 21.3. The molecule has 3 aromatic rings. The van der Waals surface area contributed by atoms with Crippen LogP contribution in [0.3, 0.4) is 0 Å². The maximum atomic E-state index is 11.4. The Labute approximate surface area is 168 Å². The van der Waals surface area contributed by atoms with Crippen molar-refractivity contribution in [3.63, 3.8) is 0 Å². The van der Waals surface area contributed by atoms with E-state index >= 15 is 0 Å². The molecule has 0 saturated heterocycles. The lowest BCUT2D eigenvalue weighted by Gasteiger charge is -2.06. The number of anilines is 1. The van der Waals surface area contributed by atoms with Crippen LogP contribution in [-0.2, 0) is 0 Å². The summed E-state index contributed by atoms with van der Waals surface area (Å²) in [6.45, 7) is 0. The summed E-state index contributed by atoms with van der Waals surface area (Å²) >= 11 is 0. The minimum atomic E-state index is -0.716. The molecule has 0 aromatic heterocycles. The third-order valence-electron chi connectivity index (χ3n) is 4.57. The lowest BCUT2D eigenvalue weighted by atomic mass is 10.1. The van der Waals surface area contributed by atoms with Crippen LogP contribution in [0, 0.1) is 20.2 Å². The number of rotatable bonds is 5. The SMILES string of the molecule is [N-]=[N+]=Nc1ccc2c(c1)/C(=N/Nc1ccc([N+](=O)[O-])cc1[N+](=O)[O-])c1ccccc1-2. The molecule has 1 aliphatic rings. The molecule has 0 bridgehead atoms. The van der Waals surface area contributed by atoms with Crippen molar-refractivity contribution in [2.75, 3.05) is 5.43 Å². The molecule has 0 amide bonds. The molecule has 1 N–H and O–H groups in total. The molecule has 11 heteroatoms. The van der Waals surface area contributed by atoms with E-state index in [1.807, 2.05) is 30.3 Å². The first-order valence-corrected chi connectivity index (χ1v) is 8.55. The minimum Gasteiger partial charge on any atom is -0.271 e. The van der Waals surface area contributed by atoms with Crippen molar-refractivity contribution in [1.29, 1.82) is 0 Å². The second kappa shape index (κ2) is 7.34. The van der Waals surface area contributed by atoms with Crippen LogP contribution in [0.2, 0.25) is 0 Å². The molecular weight excluding hydrogens is 390 g/mol. The summed E-state index contributed by atoms with van der Waals surface area (Å²) in [5, 5.41) is 30.2. The number of hydrogen-bond acceptors (Lipinski definition) is 7. The van der Waals surface area contributed by atoms with Crippen molar-refractivity contribution in [2.45, 2.75) is 0 Å². The van der Waals surface area contributed by atoms with Gasteiger partial charge < -0.3 is 0 Å². The van der Waals surface area contributed by atoms with Crippen LogP contribution in [0.1, 0.15) is 11.1 Å². The van der Waals surface area contributed by atoms with E-state index in [0.717, 1.165) is 28.8 Å². The lowest BCUT2D eigenvalue weighted by molar-refractivity contribution is -0.393. The number of benzene rings is 3. The predicted molar refractivity (Wildman–Crippen MR) is 110 cm³/mol. The van der Waals surface area contributed by atoms with E-state index in [0.29, 0.717) is 17.0 Å². The fraction of sp³-hybridized carbons (Fsp3) is 0. The van der Waals surface area contributed by atoms with E-state index in [1.165, 1.54) is 6.07 Å². The van der Waals surface area contributed by atoms with Crippen molar-refractivity contribution < 1.29 is 9.85 Å². The first-order chi connectivity index (χ1) is 14.5. The molecule has 0 fully saturated rings. The molecule has 0 unspecified atom stereocenters. The van der Waals surface area contributed by atoms with Gasteiger partial charge in [-0.1, -0.05) is 41.5 Å². The first kappa shape index (κ1) is 18.6. The van der Waals surface area contributed by atoms with Crippen LogP contribution in [-0.4, -0.2) is 15.6 Å². The van der Waals surface area contributed by atoms with E-state index in [4.69, 9.17) is 5.53 Å². The predicted octanol–water partition coefficient (Wildman–Crippen LogP) is 5.29. The highest BCUT2D eigenvalue weighted by atomic mass is 16.6. The zero-order valence-corrected chi connectivity index (χ0v) is 15.1. The Morgan fingerprint density at radius 1 is 0.867 bits per heavy atom. The molecule has 0 radical (unpaired) electrons. The summed E-state index contributed by atoms with van der Waals surface area (Å²) in [6, 6.07) is 15.9. The van der Waals surface area contributed by atoms with Gasteiger partial charge in [0.2, 0.25) is 0 Å². The third kappa shape index (κ3) is 3.17. The molecule has 11 nitrogen and oxygen atoms in total. The Morgan fingerprint density at radius 3 is 2.30 bits per heavy atom. The summed E-state index contributed by atoms with van der Waals surface area (Å²) in [6.07, 6.45) is 0. The molecule has 0 heterocycles. The van der Waals surface area contributed by atoms with Crippen molar-refractivity contribution in [3.8, 4) is 11.1 Å². The third-order valence-corrected chi connectivity index (χ3v) is 4.57. The highest BCUT2D eigenvalue weighted by Gasteiger charge is 2.26. The van der Waals surface area contributed by atoms with E-state index in [2.05, 4.69) is 20.6 Å². The van der Waals surface area contributed by atoms with Crippen LogP contribution < -0.4 is 5.43 Å². The average molecular weight is 401 g/mol. The number of nitro benzene ring substituents is 2. The van der Waals surface area contributed by atoms with Gasteiger partial charge in [-0.3, -0.25) is 25.7 Å². The van der Waals surface area contributed by atoms with Gasteiger partial charge >= 0.3 is 5.69 Å². The standard InChI is InChI=1S/C19H11N7O4/c20-24-21-11-5-7-14-13-3-1-2-4-15(13)19(16(14)9-11)23-22-17-8-6-12(25(27)28)10-18(17)26(29)30/h1-10,22H/b23-19+. The van der Waals surface area contributed by atoms with E-state index in [-0.39, 0.29) is 5.69 Å². The van der Waals surface area contributed by atoms with Gasteiger partial charge in [0.15, 0.2) is 0 Å². The number of nitrogens with zero attached hydrogens (tertiary/aromatic N) is 6. The van der Waals surface area contributed by atoms with Crippen molar-refractivity contribution >= 4 is 28.5 Å². The maximum absolute atomic E-state index is 11.4. The fourth-order valence-electron chi connectivity index (χ4n) is 3.26. The molecule has 0 atom stereocenters. The normalized spacial score (nSPS) is 12.6. The van der Waals surface area contributed by atoms with Crippen LogP contribution >= 0.6 is 0 Å². The minimum absolute atomic E-state index is 0.00947. The molecule has 30 heavy (non-hydrogen) atoms. The summed E-state index contributed by atoms with van der Waals surface area (Å²) in [7, 11) is 0. The van der Waals surface area contributed by atoms with Crippen LogP contribution in [0.15, 0.2) is 70.9 Å². The number of hydrazone groups is 1. The van der Waals surface area contributed by atoms with Gasteiger partial charge in [0.1, 0.15) is 5.69 Å². The van der Waals surface area contributed by atoms with Gasteiger partial charge in [-0.15, -0.1) is 0 Å². The Hall–Kier alpha value is -4.76. The number of nitro groups is 2. The molecule has 0 saturated carbocycles. The molecular formula is C19H11N7O4. The van der Waals surface area contributed by atoms with E-state index < -0.39 is 21.2 Å². The molecule has 146 valence electrons. The summed E-state index contributed by atoms with van der Waals surface area (Å²) in [5.74, 6) is 0. The number of hydrogen-bond donors (Lipinski definition) is 1. The Balaban J connectivity index is 1.81. The largest absolute Gasteiger partial charge is 0.301 e. The van der Waals surface area contributed by atoms with Gasteiger partial charge in [0, 0.05) is 27.8 Å². The van der Waals surface area contributed by atoms with Gasteiger partial charge in [-0.25, -0.2) is 0 Å². The smallest absolute Gasteiger partial charge is 0.271 e. The lowest BCUT2D eigenvalue weighted by Crippen LogP contribution is -2.04. The van der Waals surface area contributed by atoms with Gasteiger partial charge in [-0.2, -0.15) is 5.10 Å². The van der Waals surface area contributed by atoms with Crippen LogP contribution in [0.5, 0.6) is 0 Å². The summed E-state index contributed by atoms with van der Waals surface area (Å²) < 4.78 is 0. The monoisotopic (exact) mass is 401 g/mol. The van der Waals surface area contributed by atoms with Gasteiger partial charge in [0.05, 0.1) is 21.6 Å². The van der Waals surface area contributed by atoms with Crippen LogP contribution in [0.4, 0.5) is 22.7 Å². The summed E-state index contributed by atoms with van der Waals surface area (Å²) in [4.78, 5) is 23.6. The Kier molecular flexibility index (Phi) is 4.55. The second-order valence-corrected chi connectivity index (χ2v) is 6.25. The maximum Gasteiger partial charge on any atom is 0.301 e. The molecule has 3 aromatic carbocycles. The Bertz CT molecular complexity index is 1300. The van der Waals surface area contributed by atoms with E-state index in [9.17, 15) is 20.2 Å². The van der Waals surface area contributed by atoms with Gasteiger partial charge in [0.25, 0.3) is 5.69 Å². The molecule has 0 aliphatic heterocycles. The first-order valence-electron chi connectivity index (χ1n) is 8.55. The van der Waals surface area contributed by atoms with Gasteiger partial charge in [-0.05, 0) is 28.8 Å². The number of fused-ring (bicyclic) bond motifs is 3. The molecule has 4 rings (SSSR count). The van der Waals surface area contributed by atoms with E-state index in [1.54, 1.807) is 12.1 Å². The topological polar surface area (TPSA) is 159 Å². The highest BCUT2D eigenvalue weighted by Crippen LogP contribution is 2.39. The van der Waals surface area contributed by atoms with Crippen molar-refractivity contribution in [1.82, 2.24) is 0 Å². The fourth-order valence-corrected chi connectivity index (χ4v) is 3.26. The second-order valence-electron chi connectivity index (χ2n) is 6.25. The quantitative estimate of drug-likeness (QED) is 0.158. The highest BCUT2D eigenvalue weighted by molar-refractivity contribution is 6.25. The zero-order valence-electron chi connectivity index (χ0n) is 15.1. The van der Waals surface area contributed by atoms with Crippen molar-refractivity contribution in [2.24, 2.45) is 10.2 Å². The van der Waals surface area contributed by atoms with Crippen LogP contribution in [0.25, 0.3) is 21.6 Å². The average Bonchev–Trinajstić information content (AvgIpc) is 3.05. The Morgan fingerprint density at radius 2 is 1.60 bits per heavy atom. The number of non-ortho nitro benzene ring substituents is 1. The number of azide groups is 1. The molecule has 0 spiro atoms.